The van der Waals surface area contributed by atoms with Crippen LogP contribution in [0.15, 0.2) is 36.8 Å². The molecule has 1 amide bonds. The predicted octanol–water partition coefficient (Wildman–Crippen LogP) is 3.64. The average molecular weight is 599 g/mol. The van der Waals surface area contributed by atoms with Crippen molar-refractivity contribution in [3.05, 3.63) is 59.2 Å². The lowest BCUT2D eigenvalue weighted by Gasteiger charge is -2.58. The fourth-order valence-electron chi connectivity index (χ4n) is 7.54. The Bertz CT molecular complexity index is 1540. The number of nitrogens with two attached hydrogens (primary N) is 1. The van der Waals surface area contributed by atoms with Crippen LogP contribution < -0.4 is 20.1 Å². The van der Waals surface area contributed by atoms with Crippen molar-refractivity contribution in [3.8, 4) is 17.4 Å². The van der Waals surface area contributed by atoms with Gasteiger partial charge < -0.3 is 25.0 Å². The summed E-state index contributed by atoms with van der Waals surface area (Å²) in [6.07, 6.45) is 6.48. The van der Waals surface area contributed by atoms with E-state index in [9.17, 15) is 4.79 Å². The zero-order valence-corrected chi connectivity index (χ0v) is 26.1. The SMILES string of the molecule is CC(C)c1cccc(C(N)=O)c1Oc1nncnc1N1CC2(CC(Oc3ccnc4c3CN(C(C)C3CN(C)C3)CC4)C2)C1. The van der Waals surface area contributed by atoms with Crippen molar-refractivity contribution in [3.63, 3.8) is 0 Å². The van der Waals surface area contributed by atoms with Gasteiger partial charge in [-0.25, -0.2) is 4.98 Å². The maximum Gasteiger partial charge on any atom is 0.282 e. The quantitative estimate of drug-likeness (QED) is 0.391. The van der Waals surface area contributed by atoms with Crippen LogP contribution in [0.4, 0.5) is 5.82 Å². The number of aromatic nitrogens is 4. The lowest BCUT2D eigenvalue weighted by atomic mass is 9.61. The highest BCUT2D eigenvalue weighted by Crippen LogP contribution is 2.52. The second kappa shape index (κ2) is 11.3. The van der Waals surface area contributed by atoms with E-state index >= 15 is 0 Å². The van der Waals surface area contributed by atoms with Crippen molar-refractivity contribution in [1.82, 2.24) is 30.0 Å². The lowest BCUT2D eigenvalue weighted by molar-refractivity contribution is -0.0357. The molecule has 1 aliphatic carbocycles. The van der Waals surface area contributed by atoms with Gasteiger partial charge in [-0.3, -0.25) is 14.7 Å². The molecule has 2 saturated heterocycles. The summed E-state index contributed by atoms with van der Waals surface area (Å²) >= 11 is 0. The van der Waals surface area contributed by atoms with Crippen LogP contribution in [0.5, 0.6) is 17.4 Å². The van der Waals surface area contributed by atoms with Gasteiger partial charge in [-0.1, -0.05) is 26.0 Å². The largest absolute Gasteiger partial charge is 0.490 e. The Hall–Kier alpha value is -3.83. The van der Waals surface area contributed by atoms with Crippen LogP contribution in [0.3, 0.4) is 0 Å². The number of carbonyl (C=O) groups excluding carboxylic acids is 1. The van der Waals surface area contributed by atoms with Gasteiger partial charge in [0, 0.05) is 74.6 Å². The molecule has 11 nitrogen and oxygen atoms in total. The highest BCUT2D eigenvalue weighted by atomic mass is 16.5. The second-order valence-corrected chi connectivity index (χ2v) is 13.6. The van der Waals surface area contributed by atoms with Gasteiger partial charge in [-0.15, -0.1) is 10.2 Å². The van der Waals surface area contributed by atoms with Crippen molar-refractivity contribution in [2.45, 2.75) is 64.6 Å². The average Bonchev–Trinajstić information content (AvgIpc) is 2.96. The molecule has 2 N–H and O–H groups in total. The van der Waals surface area contributed by atoms with Crippen LogP contribution in [0, 0.1) is 11.3 Å². The number of ether oxygens (including phenoxy) is 2. The first kappa shape index (κ1) is 28.9. The number of primary amides is 1. The molecule has 11 heteroatoms. The maximum absolute atomic E-state index is 12.2. The van der Waals surface area contributed by atoms with Gasteiger partial charge in [0.1, 0.15) is 23.9 Å². The van der Waals surface area contributed by atoms with Crippen molar-refractivity contribution in [2.24, 2.45) is 17.1 Å². The normalized spacial score (nSPS) is 20.9. The molecule has 2 aromatic heterocycles. The van der Waals surface area contributed by atoms with Crippen LogP contribution in [0.1, 0.15) is 66.7 Å². The number of para-hydroxylation sites is 1. The molecule has 0 radical (unpaired) electrons. The van der Waals surface area contributed by atoms with E-state index in [4.69, 9.17) is 20.2 Å². The van der Waals surface area contributed by atoms with Crippen molar-refractivity contribution in [2.75, 3.05) is 44.7 Å². The molecular formula is C33H42N8O3. The minimum absolute atomic E-state index is 0.124. The zero-order chi connectivity index (χ0) is 30.6. The van der Waals surface area contributed by atoms with Crippen LogP contribution in [-0.4, -0.2) is 87.8 Å². The molecule has 7 rings (SSSR count). The number of carbonyl (C=O) groups is 1. The number of amides is 1. The van der Waals surface area contributed by atoms with Crippen LogP contribution in [0.2, 0.25) is 0 Å². The summed E-state index contributed by atoms with van der Waals surface area (Å²) in [4.78, 5) is 28.6. The summed E-state index contributed by atoms with van der Waals surface area (Å²) in [6.45, 7) is 12.5. The van der Waals surface area contributed by atoms with Crippen LogP contribution in [0.25, 0.3) is 0 Å². The second-order valence-electron chi connectivity index (χ2n) is 13.6. The molecule has 3 aromatic rings. The molecule has 1 aromatic carbocycles. The number of likely N-dealkylation sites (tertiary alicyclic amines) is 1. The monoisotopic (exact) mass is 598 g/mol. The minimum atomic E-state index is -0.548. The van der Waals surface area contributed by atoms with Gasteiger partial charge in [-0.2, -0.15) is 0 Å². The van der Waals surface area contributed by atoms with Crippen molar-refractivity contribution >= 4 is 11.7 Å². The number of benzene rings is 1. The van der Waals surface area contributed by atoms with Gasteiger partial charge in [0.25, 0.3) is 11.8 Å². The Balaban J connectivity index is 0.995. The van der Waals surface area contributed by atoms with E-state index in [1.807, 2.05) is 38.2 Å². The fraction of sp³-hybridized carbons (Fsp3) is 0.545. The molecule has 1 atom stereocenters. The molecule has 3 aliphatic heterocycles. The topological polar surface area (TPSA) is 123 Å². The summed E-state index contributed by atoms with van der Waals surface area (Å²) in [5.41, 5.74) is 9.51. The molecule has 44 heavy (non-hydrogen) atoms. The van der Waals surface area contributed by atoms with Gasteiger partial charge in [-0.05, 0) is 56.3 Å². The Morgan fingerprint density at radius 3 is 2.64 bits per heavy atom. The molecule has 4 aliphatic rings. The van der Waals surface area contributed by atoms with Gasteiger partial charge in [0.15, 0.2) is 5.82 Å². The fourth-order valence-corrected chi connectivity index (χ4v) is 7.54. The standard InChI is InChI=1S/C33H42N8O3/c1-20(2)24-6-5-7-25(30(34)42)29(24)44-32-31(36-19-37-38-32)41-17-33(18-41)12-23(13-33)43-28-8-10-35-27-9-11-40(16-26(27)28)21(3)22-14-39(4)15-22/h5-8,10,19-23H,9,11-18H2,1-4H3,(H2,34,42). The number of hydrogen-bond acceptors (Lipinski definition) is 10. The molecule has 3 fully saturated rings. The Morgan fingerprint density at radius 2 is 1.91 bits per heavy atom. The molecular weight excluding hydrogens is 556 g/mol. The van der Waals surface area contributed by atoms with E-state index in [2.05, 4.69) is 43.9 Å². The smallest absolute Gasteiger partial charge is 0.282 e. The third-order valence-electron chi connectivity index (χ3n) is 10.1. The van der Waals surface area contributed by atoms with E-state index in [1.165, 1.54) is 30.7 Å². The molecule has 1 saturated carbocycles. The minimum Gasteiger partial charge on any atom is -0.490 e. The molecule has 1 spiro atoms. The number of pyridine rings is 1. The highest BCUT2D eigenvalue weighted by molar-refractivity contribution is 5.96. The molecule has 232 valence electrons. The van der Waals surface area contributed by atoms with Gasteiger partial charge in [0.05, 0.1) is 5.56 Å². The van der Waals surface area contributed by atoms with Crippen LogP contribution in [-0.2, 0) is 13.0 Å². The van der Waals surface area contributed by atoms with E-state index < -0.39 is 5.91 Å². The lowest BCUT2D eigenvalue weighted by Crippen LogP contribution is -2.65. The first-order valence-corrected chi connectivity index (χ1v) is 15.8. The maximum atomic E-state index is 12.2. The predicted molar refractivity (Wildman–Crippen MR) is 166 cm³/mol. The molecule has 1 unspecified atom stereocenters. The Morgan fingerprint density at radius 1 is 1.11 bits per heavy atom. The Labute approximate surface area is 258 Å². The summed E-state index contributed by atoms with van der Waals surface area (Å²) in [6, 6.07) is 8.04. The third-order valence-corrected chi connectivity index (χ3v) is 10.1. The number of rotatable bonds is 9. The van der Waals surface area contributed by atoms with E-state index in [0.717, 1.165) is 62.7 Å². The number of hydrogen-bond donors (Lipinski definition) is 1. The highest BCUT2D eigenvalue weighted by Gasteiger charge is 2.54. The summed E-state index contributed by atoms with van der Waals surface area (Å²) in [5, 5.41) is 8.23. The number of fused-ring (bicyclic) bond motifs is 1. The summed E-state index contributed by atoms with van der Waals surface area (Å²) < 4.78 is 12.9. The van der Waals surface area contributed by atoms with Crippen LogP contribution >= 0.6 is 0 Å². The van der Waals surface area contributed by atoms with E-state index in [-0.39, 0.29) is 23.3 Å². The molecule has 5 heterocycles. The summed E-state index contributed by atoms with van der Waals surface area (Å²) in [5.74, 6) is 2.63. The Kier molecular flexibility index (Phi) is 7.40. The summed E-state index contributed by atoms with van der Waals surface area (Å²) in [7, 11) is 2.20. The van der Waals surface area contributed by atoms with E-state index in [1.54, 1.807) is 6.07 Å². The van der Waals surface area contributed by atoms with Crippen molar-refractivity contribution in [1.29, 1.82) is 0 Å². The number of nitrogens with zero attached hydrogens (tertiary/aromatic N) is 7. The number of anilines is 1. The first-order chi connectivity index (χ1) is 21.2. The van der Waals surface area contributed by atoms with Gasteiger partial charge in [0.2, 0.25) is 0 Å². The molecule has 0 bridgehead atoms. The van der Waals surface area contributed by atoms with Gasteiger partial charge >= 0.3 is 0 Å². The van der Waals surface area contributed by atoms with E-state index in [0.29, 0.717) is 23.2 Å². The first-order valence-electron chi connectivity index (χ1n) is 15.8. The third kappa shape index (κ3) is 5.26. The van der Waals surface area contributed by atoms with Crippen molar-refractivity contribution < 1.29 is 14.3 Å². The zero-order valence-electron chi connectivity index (χ0n) is 26.1.